The summed E-state index contributed by atoms with van der Waals surface area (Å²) in [7, 11) is 0. The molecule has 4 heteroatoms. The summed E-state index contributed by atoms with van der Waals surface area (Å²) in [6.07, 6.45) is 0. The maximum absolute atomic E-state index is 6.77. The fourth-order valence-corrected chi connectivity index (χ4v) is 11.7. The van der Waals surface area contributed by atoms with Gasteiger partial charge in [0, 0.05) is 65.1 Å². The van der Waals surface area contributed by atoms with Gasteiger partial charge in [-0.1, -0.05) is 117 Å². The fraction of sp³-hybridized carbons (Fsp3) is 0.194. The Balaban J connectivity index is 1.17. The zero-order valence-electron chi connectivity index (χ0n) is 39.1. The largest absolute Gasteiger partial charge is 0.454 e. The third-order valence-electron chi connectivity index (χ3n) is 15.1. The number of nitrogens with zero attached hydrogens (tertiary/aromatic N) is 3. The summed E-state index contributed by atoms with van der Waals surface area (Å²) >= 11 is 0. The van der Waals surface area contributed by atoms with Crippen molar-refractivity contribution in [2.75, 3.05) is 0 Å². The Morgan fingerprint density at radius 3 is 1.48 bits per heavy atom. The van der Waals surface area contributed by atoms with Crippen LogP contribution in [0.4, 0.5) is 0 Å². The maximum Gasteiger partial charge on any atom is 0.161 e. The lowest BCUT2D eigenvalue weighted by atomic mass is 9.83. The van der Waals surface area contributed by atoms with Gasteiger partial charge in [0.25, 0.3) is 0 Å². The van der Waals surface area contributed by atoms with Gasteiger partial charge in [-0.2, -0.15) is 0 Å². The zero-order chi connectivity index (χ0) is 44.9. The molecule has 0 aliphatic carbocycles. The van der Waals surface area contributed by atoms with E-state index in [4.69, 9.17) is 4.42 Å². The van der Waals surface area contributed by atoms with Crippen LogP contribution in [0.2, 0.25) is 0 Å². The van der Waals surface area contributed by atoms with E-state index in [1.807, 2.05) is 0 Å². The minimum atomic E-state index is -0.0718. The van der Waals surface area contributed by atoms with E-state index in [2.05, 4.69) is 221 Å². The van der Waals surface area contributed by atoms with Crippen LogP contribution in [0.15, 0.2) is 150 Å². The first kappa shape index (κ1) is 38.0. The van der Waals surface area contributed by atoms with Gasteiger partial charge in [0.2, 0.25) is 0 Å². The van der Waals surface area contributed by atoms with Gasteiger partial charge in [0.15, 0.2) is 5.58 Å². The van der Waals surface area contributed by atoms with E-state index in [0.29, 0.717) is 0 Å². The number of furan rings is 1. The van der Waals surface area contributed by atoms with Gasteiger partial charge in [0.05, 0.1) is 38.6 Å². The molecule has 0 unspecified atom stereocenters. The number of rotatable bonds is 2. The van der Waals surface area contributed by atoms with Crippen molar-refractivity contribution in [3.63, 3.8) is 0 Å². The smallest absolute Gasteiger partial charge is 0.161 e. The molecule has 66 heavy (non-hydrogen) atoms. The molecule has 0 fully saturated rings. The van der Waals surface area contributed by atoms with Crippen molar-refractivity contribution in [2.45, 2.75) is 78.6 Å². The normalized spacial score (nSPS) is 13.5. The highest BCUT2D eigenvalue weighted by Gasteiger charge is 2.30. The predicted molar refractivity (Wildman–Crippen MR) is 281 cm³/mol. The molecule has 320 valence electrons. The maximum atomic E-state index is 6.77. The number of hydrogen-bond donors (Lipinski definition) is 0. The lowest BCUT2D eigenvalue weighted by Gasteiger charge is -2.22. The molecule has 0 aliphatic rings. The van der Waals surface area contributed by atoms with Gasteiger partial charge in [-0.25, -0.2) is 0 Å². The number of fused-ring (bicyclic) bond motifs is 17. The first-order chi connectivity index (χ1) is 31.6. The van der Waals surface area contributed by atoms with Gasteiger partial charge in [0.1, 0.15) is 11.1 Å². The van der Waals surface area contributed by atoms with E-state index in [0.717, 1.165) is 22.1 Å². The molecule has 8 aromatic carbocycles. The van der Waals surface area contributed by atoms with Gasteiger partial charge >= 0.3 is 0 Å². The van der Waals surface area contributed by atoms with Gasteiger partial charge in [-0.15, -0.1) is 0 Å². The molecule has 0 N–H and O–H groups in total. The average molecular weight is 854 g/mol. The molecule has 14 aromatic rings. The minimum absolute atomic E-state index is 0.0544. The molecule has 0 bridgehead atoms. The average Bonchev–Trinajstić information content (AvgIpc) is 4.12. The quantitative estimate of drug-likeness (QED) is 0.170. The van der Waals surface area contributed by atoms with Gasteiger partial charge in [-0.3, -0.25) is 0 Å². The van der Waals surface area contributed by atoms with Crippen molar-refractivity contribution in [3.05, 3.63) is 162 Å². The number of hydrogen-bond acceptors (Lipinski definition) is 1. The Morgan fingerprint density at radius 1 is 0.348 bits per heavy atom. The van der Waals surface area contributed by atoms with Crippen LogP contribution in [0.5, 0.6) is 0 Å². The number of aromatic nitrogens is 3. The van der Waals surface area contributed by atoms with Crippen molar-refractivity contribution in [3.8, 4) is 16.8 Å². The zero-order valence-corrected chi connectivity index (χ0v) is 39.1. The monoisotopic (exact) mass is 853 g/mol. The minimum Gasteiger partial charge on any atom is -0.454 e. The standard InChI is InChI=1S/C62H51N3O/c1-60(2,3)35-26-41(34-23-24-51-42(25-34)39-19-13-15-21-50(39)63(51)38-17-11-10-12-18-38)55-47(29-35)48-30-36(61(4,5)6)27-45-43-33-53-44(32-52(43)64(55)56(45)48)46-28-37(62(7,8)9)31-49-57(46)65(53)58-40-20-14-16-22-54(40)66-59(49)58/h10-33H,1-9H3. The summed E-state index contributed by atoms with van der Waals surface area (Å²) in [5.41, 5.74) is 19.2. The van der Waals surface area contributed by atoms with Crippen LogP contribution in [0.25, 0.3) is 126 Å². The molecule has 0 radical (unpaired) electrons. The molecule has 4 nitrogen and oxygen atoms in total. The molecule has 0 saturated heterocycles. The molecular weight excluding hydrogens is 803 g/mol. The lowest BCUT2D eigenvalue weighted by molar-refractivity contribution is 0.591. The molecule has 0 saturated carbocycles. The first-order valence-corrected chi connectivity index (χ1v) is 23.6. The molecule has 0 amide bonds. The molecule has 14 rings (SSSR count). The topological polar surface area (TPSA) is 26.9 Å². The van der Waals surface area contributed by atoms with Crippen LogP contribution in [-0.4, -0.2) is 13.4 Å². The third kappa shape index (κ3) is 4.89. The van der Waals surface area contributed by atoms with Crippen LogP contribution in [0.1, 0.15) is 79.0 Å². The SMILES string of the molecule is CC(C)(C)c1cc(-c2ccc3c(c2)c2ccccc2n3-c2ccccc2)c2c(c1)c1cc(C(C)(C)C)cc3c4cc5c(cc4n2c31)c1cc(C(C)(C)C)cc2c3oc4ccccc4c3n5c12. The van der Waals surface area contributed by atoms with Crippen LogP contribution in [0.3, 0.4) is 0 Å². The van der Waals surface area contributed by atoms with Crippen molar-refractivity contribution >= 4 is 109 Å². The molecule has 0 spiro atoms. The highest BCUT2D eigenvalue weighted by atomic mass is 16.3. The van der Waals surface area contributed by atoms with Crippen molar-refractivity contribution in [2.24, 2.45) is 0 Å². The van der Waals surface area contributed by atoms with Crippen LogP contribution < -0.4 is 0 Å². The summed E-state index contributed by atoms with van der Waals surface area (Å²) in [6.45, 7) is 21.1. The van der Waals surface area contributed by atoms with E-state index in [1.165, 1.54) is 121 Å². The highest BCUT2D eigenvalue weighted by molar-refractivity contribution is 6.31. The summed E-state index contributed by atoms with van der Waals surface area (Å²) in [5, 5.41) is 12.6. The van der Waals surface area contributed by atoms with Crippen LogP contribution in [0, 0.1) is 0 Å². The van der Waals surface area contributed by atoms with Gasteiger partial charge in [-0.05, 0) is 129 Å². The molecule has 6 heterocycles. The van der Waals surface area contributed by atoms with Crippen LogP contribution in [-0.2, 0) is 16.2 Å². The Morgan fingerprint density at radius 2 is 0.833 bits per heavy atom. The van der Waals surface area contributed by atoms with E-state index >= 15 is 0 Å². The molecular formula is C62H51N3O. The Bertz CT molecular complexity index is 4370. The van der Waals surface area contributed by atoms with Crippen molar-refractivity contribution < 1.29 is 4.42 Å². The predicted octanol–water partition coefficient (Wildman–Crippen LogP) is 17.4. The lowest BCUT2D eigenvalue weighted by Crippen LogP contribution is -2.11. The second-order valence-corrected chi connectivity index (χ2v) is 22.3. The van der Waals surface area contributed by atoms with E-state index in [-0.39, 0.29) is 16.2 Å². The van der Waals surface area contributed by atoms with E-state index in [1.54, 1.807) is 0 Å². The van der Waals surface area contributed by atoms with Crippen molar-refractivity contribution in [1.29, 1.82) is 0 Å². The van der Waals surface area contributed by atoms with Gasteiger partial charge < -0.3 is 17.8 Å². The van der Waals surface area contributed by atoms with Crippen molar-refractivity contribution in [1.82, 2.24) is 13.4 Å². The second-order valence-electron chi connectivity index (χ2n) is 22.3. The Labute approximate surface area is 382 Å². The first-order valence-electron chi connectivity index (χ1n) is 23.6. The Kier molecular flexibility index (Phi) is 7.10. The number of benzene rings is 8. The number of para-hydroxylation sites is 3. The third-order valence-corrected chi connectivity index (χ3v) is 15.1. The fourth-order valence-electron chi connectivity index (χ4n) is 11.7. The summed E-state index contributed by atoms with van der Waals surface area (Å²) in [4.78, 5) is 0. The molecule has 0 atom stereocenters. The summed E-state index contributed by atoms with van der Waals surface area (Å²) in [5.74, 6) is 0. The van der Waals surface area contributed by atoms with Crippen LogP contribution >= 0.6 is 0 Å². The molecule has 0 aliphatic heterocycles. The highest BCUT2D eigenvalue weighted by Crippen LogP contribution is 2.50. The Hall–Kier alpha value is -7.30. The summed E-state index contributed by atoms with van der Waals surface area (Å²) < 4.78 is 14.4. The second kappa shape index (κ2) is 12.3. The van der Waals surface area contributed by atoms with E-state index in [9.17, 15) is 0 Å². The van der Waals surface area contributed by atoms with E-state index < -0.39 is 0 Å². The molecule has 6 aromatic heterocycles. The summed E-state index contributed by atoms with van der Waals surface area (Å²) in [6, 6.07) is 55.3.